The molecule has 12 heteroatoms. The number of nitro benzene ring substituents is 1. The van der Waals surface area contributed by atoms with Crippen LogP contribution in [-0.4, -0.2) is 63.2 Å². The summed E-state index contributed by atoms with van der Waals surface area (Å²) in [6.45, 7) is 0.314. The van der Waals surface area contributed by atoms with Gasteiger partial charge in [-0.3, -0.25) is 15.0 Å². The molecule has 1 unspecified atom stereocenters. The number of rotatable bonds is 7. The summed E-state index contributed by atoms with van der Waals surface area (Å²) in [6.07, 6.45) is -4.58. The number of benzene rings is 1. The molecule has 0 radical (unpaired) electrons. The van der Waals surface area contributed by atoms with Crippen molar-refractivity contribution in [2.24, 2.45) is 0 Å². The average molecular weight is 396 g/mol. The number of nitrogens with zero attached hydrogens (tertiary/aromatic N) is 2. The first kappa shape index (κ1) is 20.6. The van der Waals surface area contributed by atoms with Crippen LogP contribution in [0.25, 0.3) is 0 Å². The number of halogens is 3. The van der Waals surface area contributed by atoms with Gasteiger partial charge in [-0.05, 0) is 5.56 Å². The summed E-state index contributed by atoms with van der Waals surface area (Å²) in [5.41, 5.74) is -0.163. The number of nitro groups is 1. The first-order valence-electron chi connectivity index (χ1n) is 7.80. The van der Waals surface area contributed by atoms with Crippen LogP contribution < -0.4 is 10.0 Å². The van der Waals surface area contributed by atoms with Crippen LogP contribution in [-0.2, 0) is 15.8 Å². The maximum absolute atomic E-state index is 13.3. The van der Waals surface area contributed by atoms with E-state index < -0.39 is 39.5 Å². The Kier molecular flexibility index (Phi) is 6.55. The average Bonchev–Trinajstić information content (AvgIpc) is 2.54. The van der Waals surface area contributed by atoms with Gasteiger partial charge in [0.15, 0.2) is 0 Å². The molecule has 2 rings (SSSR count). The molecule has 0 saturated carbocycles. The second-order valence-corrected chi connectivity index (χ2v) is 7.68. The minimum atomic E-state index is -4.58. The summed E-state index contributed by atoms with van der Waals surface area (Å²) in [5, 5.41) is 13.7. The smallest absolute Gasteiger partial charge is 0.314 e. The molecule has 8 nitrogen and oxygen atoms in total. The van der Waals surface area contributed by atoms with Gasteiger partial charge >= 0.3 is 6.18 Å². The van der Waals surface area contributed by atoms with Crippen molar-refractivity contribution in [1.29, 1.82) is 0 Å². The molecule has 1 atom stereocenters. The minimum Gasteiger partial charge on any atom is -0.314 e. The van der Waals surface area contributed by atoms with E-state index in [4.69, 9.17) is 0 Å². The van der Waals surface area contributed by atoms with E-state index in [0.717, 1.165) is 6.07 Å². The molecule has 2 N–H and O–H groups in total. The van der Waals surface area contributed by atoms with Gasteiger partial charge in [-0.2, -0.15) is 13.2 Å². The molecule has 26 heavy (non-hydrogen) atoms. The maximum Gasteiger partial charge on any atom is 0.405 e. The molecule has 1 fully saturated rings. The quantitative estimate of drug-likeness (QED) is 0.523. The first-order valence-corrected chi connectivity index (χ1v) is 9.46. The summed E-state index contributed by atoms with van der Waals surface area (Å²) in [5.74, 6) is -0.638. The van der Waals surface area contributed by atoms with Crippen molar-refractivity contribution in [1.82, 2.24) is 14.9 Å². The molecule has 0 aromatic heterocycles. The van der Waals surface area contributed by atoms with Crippen LogP contribution in [0.2, 0.25) is 0 Å². The van der Waals surface area contributed by atoms with E-state index in [1.807, 2.05) is 4.72 Å². The highest BCUT2D eigenvalue weighted by Gasteiger charge is 2.44. The van der Waals surface area contributed by atoms with Gasteiger partial charge in [0.1, 0.15) is 6.04 Å². The van der Waals surface area contributed by atoms with Gasteiger partial charge in [0.25, 0.3) is 5.69 Å². The molecule has 1 aliphatic heterocycles. The zero-order valence-electron chi connectivity index (χ0n) is 13.7. The molecule has 1 aliphatic rings. The van der Waals surface area contributed by atoms with Crippen LogP contribution in [0.1, 0.15) is 5.56 Å². The highest BCUT2D eigenvalue weighted by Crippen LogP contribution is 2.25. The van der Waals surface area contributed by atoms with E-state index in [9.17, 15) is 31.7 Å². The predicted octanol–water partition coefficient (Wildman–Crippen LogP) is 0.850. The Hall–Kier alpha value is -1.76. The minimum absolute atomic E-state index is 0.123. The predicted molar refractivity (Wildman–Crippen MR) is 88.0 cm³/mol. The molecule has 1 saturated heterocycles. The summed E-state index contributed by atoms with van der Waals surface area (Å²) < 4.78 is 66.0. The molecular weight excluding hydrogens is 377 g/mol. The third-order valence-electron chi connectivity index (χ3n) is 3.94. The van der Waals surface area contributed by atoms with E-state index in [-0.39, 0.29) is 24.3 Å². The van der Waals surface area contributed by atoms with Gasteiger partial charge in [0, 0.05) is 44.9 Å². The molecular formula is C14H19F3N4O4S. The summed E-state index contributed by atoms with van der Waals surface area (Å²) in [4.78, 5) is 11.2. The van der Waals surface area contributed by atoms with Crippen LogP contribution in [0.4, 0.5) is 18.9 Å². The SMILES string of the molecule is O=[N+]([O-])c1cccc(CS(=O)(=O)NCC(N2CCNCC2)C(F)(F)F)c1. The molecule has 0 amide bonds. The second-order valence-electron chi connectivity index (χ2n) is 5.88. The molecule has 1 aromatic rings. The van der Waals surface area contributed by atoms with E-state index in [0.29, 0.717) is 13.1 Å². The molecule has 1 heterocycles. The number of sulfonamides is 1. The number of hydrogen-bond donors (Lipinski definition) is 2. The van der Waals surface area contributed by atoms with Gasteiger partial charge < -0.3 is 5.32 Å². The Balaban J connectivity index is 2.04. The van der Waals surface area contributed by atoms with Crippen LogP contribution >= 0.6 is 0 Å². The Morgan fingerprint density at radius 3 is 2.54 bits per heavy atom. The zero-order valence-corrected chi connectivity index (χ0v) is 14.5. The van der Waals surface area contributed by atoms with Crippen molar-refractivity contribution in [2.75, 3.05) is 32.7 Å². The molecule has 1 aromatic carbocycles. The van der Waals surface area contributed by atoms with E-state index >= 15 is 0 Å². The van der Waals surface area contributed by atoms with Crippen molar-refractivity contribution in [2.45, 2.75) is 18.0 Å². The fraction of sp³-hybridized carbons (Fsp3) is 0.571. The second kappa shape index (κ2) is 8.29. The number of alkyl halides is 3. The highest BCUT2D eigenvalue weighted by molar-refractivity contribution is 7.88. The standard InChI is InChI=1S/C14H19F3N4O4S/c15-14(16,17)13(20-6-4-18-5-7-20)9-19-26(24,25)10-11-2-1-3-12(8-11)21(22)23/h1-3,8,13,18-19H,4-7,9-10H2. The highest BCUT2D eigenvalue weighted by atomic mass is 32.2. The van der Waals surface area contributed by atoms with Crippen molar-refractivity contribution in [3.63, 3.8) is 0 Å². The number of nitrogens with one attached hydrogen (secondary N) is 2. The van der Waals surface area contributed by atoms with Gasteiger partial charge in [-0.1, -0.05) is 12.1 Å². The lowest BCUT2D eigenvalue weighted by molar-refractivity contribution is -0.384. The van der Waals surface area contributed by atoms with Gasteiger partial charge in [0.2, 0.25) is 10.0 Å². The maximum atomic E-state index is 13.3. The Bertz CT molecular complexity index is 736. The van der Waals surface area contributed by atoms with Crippen LogP contribution in [0.5, 0.6) is 0 Å². The van der Waals surface area contributed by atoms with E-state index in [1.54, 1.807) is 0 Å². The van der Waals surface area contributed by atoms with Crippen LogP contribution in [0.3, 0.4) is 0 Å². The van der Waals surface area contributed by atoms with E-state index in [2.05, 4.69) is 5.32 Å². The first-order chi connectivity index (χ1) is 12.1. The van der Waals surface area contributed by atoms with Crippen molar-refractivity contribution < 1.29 is 26.5 Å². The molecule has 0 aliphatic carbocycles. The van der Waals surface area contributed by atoms with Gasteiger partial charge in [-0.25, -0.2) is 13.1 Å². The third-order valence-corrected chi connectivity index (χ3v) is 5.26. The lowest BCUT2D eigenvalue weighted by atomic mass is 10.2. The van der Waals surface area contributed by atoms with Crippen LogP contribution in [0, 0.1) is 10.1 Å². The van der Waals surface area contributed by atoms with Crippen LogP contribution in [0.15, 0.2) is 24.3 Å². The Labute approximate surface area is 148 Å². The van der Waals surface area contributed by atoms with Crippen molar-refractivity contribution >= 4 is 15.7 Å². The van der Waals surface area contributed by atoms with Crippen molar-refractivity contribution in [3.8, 4) is 0 Å². The number of non-ortho nitro benzene ring substituents is 1. The normalized spacial score (nSPS) is 17.8. The molecule has 0 spiro atoms. The lowest BCUT2D eigenvalue weighted by Crippen LogP contribution is -2.57. The molecule has 0 bridgehead atoms. The zero-order chi connectivity index (χ0) is 19.4. The fourth-order valence-corrected chi connectivity index (χ4v) is 3.81. The summed E-state index contributed by atoms with van der Waals surface area (Å²) in [6, 6.07) is 3.04. The summed E-state index contributed by atoms with van der Waals surface area (Å²) >= 11 is 0. The van der Waals surface area contributed by atoms with Gasteiger partial charge in [0.05, 0.1) is 10.7 Å². The Morgan fingerprint density at radius 1 is 1.31 bits per heavy atom. The van der Waals surface area contributed by atoms with E-state index in [1.165, 1.54) is 23.1 Å². The Morgan fingerprint density at radius 2 is 1.96 bits per heavy atom. The fourth-order valence-electron chi connectivity index (χ4n) is 2.68. The largest absolute Gasteiger partial charge is 0.405 e. The summed E-state index contributed by atoms with van der Waals surface area (Å²) in [7, 11) is -4.09. The topological polar surface area (TPSA) is 105 Å². The third kappa shape index (κ3) is 5.90. The lowest BCUT2D eigenvalue weighted by Gasteiger charge is -2.35. The van der Waals surface area contributed by atoms with Crippen molar-refractivity contribution in [3.05, 3.63) is 39.9 Å². The number of hydrogen-bond acceptors (Lipinski definition) is 6. The number of piperazine rings is 1. The molecule has 146 valence electrons. The monoisotopic (exact) mass is 396 g/mol. The van der Waals surface area contributed by atoms with Gasteiger partial charge in [-0.15, -0.1) is 0 Å².